The maximum absolute atomic E-state index is 5.69. The Labute approximate surface area is 123 Å². The van der Waals surface area contributed by atoms with Crippen molar-refractivity contribution in [1.82, 2.24) is 5.32 Å². The van der Waals surface area contributed by atoms with Gasteiger partial charge in [0, 0.05) is 12.1 Å². The standard InChI is InChI=1S/C18H29NO/c1-13(2)20-18-11-9-17(10-12-18)15(4)19-14(3)16-7-5-6-8-16/h9-16,19H,5-8H2,1-4H3. The number of hydrogen-bond acceptors (Lipinski definition) is 2. The molecule has 0 spiro atoms. The first-order chi connectivity index (χ1) is 9.56. The fraction of sp³-hybridized carbons (Fsp3) is 0.667. The quantitative estimate of drug-likeness (QED) is 0.812. The molecule has 0 heterocycles. The summed E-state index contributed by atoms with van der Waals surface area (Å²) in [5, 5.41) is 3.76. The summed E-state index contributed by atoms with van der Waals surface area (Å²) in [7, 11) is 0. The molecule has 1 fully saturated rings. The lowest BCUT2D eigenvalue weighted by Crippen LogP contribution is -2.34. The minimum Gasteiger partial charge on any atom is -0.491 e. The van der Waals surface area contributed by atoms with E-state index in [0.29, 0.717) is 12.1 Å². The first-order valence-electron chi connectivity index (χ1n) is 8.09. The summed E-state index contributed by atoms with van der Waals surface area (Å²) in [6.45, 7) is 8.70. The second-order valence-corrected chi connectivity index (χ2v) is 6.46. The molecule has 1 N–H and O–H groups in total. The summed E-state index contributed by atoms with van der Waals surface area (Å²) in [5.74, 6) is 1.82. The third-order valence-electron chi connectivity index (χ3n) is 4.37. The van der Waals surface area contributed by atoms with Crippen LogP contribution in [0, 0.1) is 5.92 Å². The molecule has 0 saturated heterocycles. The number of nitrogens with one attached hydrogen (secondary N) is 1. The first-order valence-corrected chi connectivity index (χ1v) is 8.09. The highest BCUT2D eigenvalue weighted by atomic mass is 16.5. The Morgan fingerprint density at radius 1 is 1.00 bits per heavy atom. The van der Waals surface area contributed by atoms with Crippen molar-refractivity contribution in [1.29, 1.82) is 0 Å². The van der Waals surface area contributed by atoms with Gasteiger partial charge >= 0.3 is 0 Å². The lowest BCUT2D eigenvalue weighted by molar-refractivity contribution is 0.242. The van der Waals surface area contributed by atoms with Crippen LogP contribution in [0.15, 0.2) is 24.3 Å². The Kier molecular flexibility index (Phi) is 5.47. The first kappa shape index (κ1) is 15.4. The van der Waals surface area contributed by atoms with Crippen molar-refractivity contribution >= 4 is 0 Å². The number of ether oxygens (including phenoxy) is 1. The molecule has 1 aliphatic carbocycles. The zero-order chi connectivity index (χ0) is 14.5. The van der Waals surface area contributed by atoms with Gasteiger partial charge in [0.15, 0.2) is 0 Å². The van der Waals surface area contributed by atoms with E-state index in [1.807, 2.05) is 0 Å². The summed E-state index contributed by atoms with van der Waals surface area (Å²) >= 11 is 0. The molecular weight excluding hydrogens is 246 g/mol. The monoisotopic (exact) mass is 275 g/mol. The maximum Gasteiger partial charge on any atom is 0.119 e. The highest BCUT2D eigenvalue weighted by molar-refractivity contribution is 5.29. The summed E-state index contributed by atoms with van der Waals surface area (Å²) in [4.78, 5) is 0. The van der Waals surface area contributed by atoms with Gasteiger partial charge in [-0.05, 0) is 64.2 Å². The highest BCUT2D eigenvalue weighted by Gasteiger charge is 2.22. The van der Waals surface area contributed by atoms with E-state index < -0.39 is 0 Å². The Balaban J connectivity index is 1.89. The van der Waals surface area contributed by atoms with Crippen molar-refractivity contribution in [3.63, 3.8) is 0 Å². The molecule has 2 atom stereocenters. The lowest BCUT2D eigenvalue weighted by Gasteiger charge is -2.25. The molecule has 1 aliphatic rings. The van der Waals surface area contributed by atoms with Crippen LogP contribution in [0.3, 0.4) is 0 Å². The van der Waals surface area contributed by atoms with Gasteiger partial charge in [0.05, 0.1) is 6.10 Å². The SMILES string of the molecule is CC(C)Oc1ccc(C(C)NC(C)C2CCCC2)cc1. The molecule has 112 valence electrons. The van der Waals surface area contributed by atoms with Crippen LogP contribution in [0.1, 0.15) is 65.0 Å². The topological polar surface area (TPSA) is 21.3 Å². The molecule has 2 rings (SSSR count). The van der Waals surface area contributed by atoms with E-state index in [0.717, 1.165) is 11.7 Å². The summed E-state index contributed by atoms with van der Waals surface area (Å²) in [6.07, 6.45) is 5.83. The molecule has 1 aromatic rings. The van der Waals surface area contributed by atoms with E-state index >= 15 is 0 Å². The second kappa shape index (κ2) is 7.12. The van der Waals surface area contributed by atoms with Gasteiger partial charge in [0.2, 0.25) is 0 Å². The van der Waals surface area contributed by atoms with Gasteiger partial charge in [0.1, 0.15) is 5.75 Å². The fourth-order valence-electron chi connectivity index (χ4n) is 3.19. The van der Waals surface area contributed by atoms with Gasteiger partial charge < -0.3 is 10.1 Å². The van der Waals surface area contributed by atoms with Crippen LogP contribution in [0.2, 0.25) is 0 Å². The fourth-order valence-corrected chi connectivity index (χ4v) is 3.19. The van der Waals surface area contributed by atoms with Gasteiger partial charge in [-0.3, -0.25) is 0 Å². The molecule has 1 aromatic carbocycles. The van der Waals surface area contributed by atoms with Gasteiger partial charge in [-0.1, -0.05) is 25.0 Å². The average Bonchev–Trinajstić information content (AvgIpc) is 2.92. The smallest absolute Gasteiger partial charge is 0.119 e. The average molecular weight is 275 g/mol. The van der Waals surface area contributed by atoms with Crippen LogP contribution in [0.5, 0.6) is 5.75 Å². The normalized spacial score (nSPS) is 19.2. The van der Waals surface area contributed by atoms with Crippen molar-refractivity contribution < 1.29 is 4.74 Å². The molecule has 2 nitrogen and oxygen atoms in total. The van der Waals surface area contributed by atoms with E-state index in [-0.39, 0.29) is 6.10 Å². The molecule has 2 unspecified atom stereocenters. The summed E-state index contributed by atoms with van der Waals surface area (Å²) in [5.41, 5.74) is 1.34. The van der Waals surface area contributed by atoms with Gasteiger partial charge in [0.25, 0.3) is 0 Å². The molecule has 0 aliphatic heterocycles. The highest BCUT2D eigenvalue weighted by Crippen LogP contribution is 2.29. The predicted octanol–water partition coefficient (Wildman–Crippen LogP) is 4.70. The molecular formula is C18H29NO. The molecule has 2 heteroatoms. The Bertz CT molecular complexity index is 392. The minimum atomic E-state index is 0.235. The van der Waals surface area contributed by atoms with E-state index in [1.165, 1.54) is 31.2 Å². The van der Waals surface area contributed by atoms with Crippen LogP contribution in [-0.2, 0) is 0 Å². The lowest BCUT2D eigenvalue weighted by atomic mass is 9.98. The third kappa shape index (κ3) is 4.24. The van der Waals surface area contributed by atoms with Crippen LogP contribution in [0.25, 0.3) is 0 Å². The minimum absolute atomic E-state index is 0.235. The summed E-state index contributed by atoms with van der Waals surface area (Å²) in [6, 6.07) is 9.52. The number of hydrogen-bond donors (Lipinski definition) is 1. The van der Waals surface area contributed by atoms with Gasteiger partial charge in [-0.15, -0.1) is 0 Å². The Morgan fingerprint density at radius 2 is 1.60 bits per heavy atom. The molecule has 0 aromatic heterocycles. The maximum atomic E-state index is 5.69. The van der Waals surface area contributed by atoms with Crippen LogP contribution >= 0.6 is 0 Å². The zero-order valence-corrected chi connectivity index (χ0v) is 13.4. The second-order valence-electron chi connectivity index (χ2n) is 6.46. The molecule has 1 saturated carbocycles. The zero-order valence-electron chi connectivity index (χ0n) is 13.4. The molecule has 20 heavy (non-hydrogen) atoms. The van der Waals surface area contributed by atoms with Crippen LogP contribution in [-0.4, -0.2) is 12.1 Å². The molecule has 0 radical (unpaired) electrons. The van der Waals surface area contributed by atoms with E-state index in [1.54, 1.807) is 0 Å². The summed E-state index contributed by atoms with van der Waals surface area (Å²) < 4.78 is 5.69. The molecule has 0 bridgehead atoms. The number of rotatable bonds is 6. The Morgan fingerprint density at radius 3 is 2.15 bits per heavy atom. The van der Waals surface area contributed by atoms with Crippen molar-refractivity contribution in [2.45, 2.75) is 71.6 Å². The van der Waals surface area contributed by atoms with Crippen molar-refractivity contribution in [3.05, 3.63) is 29.8 Å². The van der Waals surface area contributed by atoms with Crippen molar-refractivity contribution in [2.75, 3.05) is 0 Å². The largest absolute Gasteiger partial charge is 0.491 e. The van der Waals surface area contributed by atoms with Crippen molar-refractivity contribution in [3.8, 4) is 5.75 Å². The van der Waals surface area contributed by atoms with E-state index in [4.69, 9.17) is 4.74 Å². The van der Waals surface area contributed by atoms with Gasteiger partial charge in [-0.25, -0.2) is 0 Å². The van der Waals surface area contributed by atoms with Crippen LogP contribution in [0.4, 0.5) is 0 Å². The van der Waals surface area contributed by atoms with Crippen LogP contribution < -0.4 is 10.1 Å². The number of benzene rings is 1. The third-order valence-corrected chi connectivity index (χ3v) is 4.37. The van der Waals surface area contributed by atoms with E-state index in [2.05, 4.69) is 57.3 Å². The van der Waals surface area contributed by atoms with Gasteiger partial charge in [-0.2, -0.15) is 0 Å². The van der Waals surface area contributed by atoms with Crippen molar-refractivity contribution in [2.24, 2.45) is 5.92 Å². The van der Waals surface area contributed by atoms with E-state index in [9.17, 15) is 0 Å². The predicted molar refractivity (Wildman–Crippen MR) is 85.2 cm³/mol. The Hall–Kier alpha value is -1.02. The molecule has 0 amide bonds.